The minimum atomic E-state index is -0.554. The number of carbonyl (C=O) groups excluding carboxylic acids is 2. The van der Waals surface area contributed by atoms with Gasteiger partial charge in [-0.25, -0.2) is 0 Å². The number of hydrogen-bond acceptors (Lipinski definition) is 2. The topological polar surface area (TPSA) is 46.2 Å². The van der Waals surface area contributed by atoms with Crippen molar-refractivity contribution < 1.29 is 9.59 Å². The standard InChI is InChI=1S/C15H18ClNO2/c1-5-10-12-6-11(14(18)9(4)16)7(2)8(3)13(12)17-15(10)19/h6,9-10H,5H2,1-4H3,(H,17,19). The van der Waals surface area contributed by atoms with Crippen molar-refractivity contribution >= 4 is 29.0 Å². The molecule has 2 rings (SSSR count). The molecule has 0 radical (unpaired) electrons. The van der Waals surface area contributed by atoms with Gasteiger partial charge in [-0.15, -0.1) is 11.6 Å². The van der Waals surface area contributed by atoms with Gasteiger partial charge >= 0.3 is 0 Å². The van der Waals surface area contributed by atoms with Gasteiger partial charge < -0.3 is 5.32 Å². The minimum absolute atomic E-state index is 0.0171. The molecular formula is C15H18ClNO2. The zero-order valence-corrected chi connectivity index (χ0v) is 12.4. The molecule has 0 spiro atoms. The number of carbonyl (C=O) groups is 2. The quantitative estimate of drug-likeness (QED) is 0.679. The summed E-state index contributed by atoms with van der Waals surface area (Å²) in [6.45, 7) is 7.47. The molecule has 0 saturated heterocycles. The smallest absolute Gasteiger partial charge is 0.232 e. The van der Waals surface area contributed by atoms with Gasteiger partial charge in [0.05, 0.1) is 11.3 Å². The number of amides is 1. The molecule has 1 heterocycles. The van der Waals surface area contributed by atoms with Crippen LogP contribution in [0.1, 0.15) is 53.2 Å². The third kappa shape index (κ3) is 2.16. The summed E-state index contributed by atoms with van der Waals surface area (Å²) in [4.78, 5) is 24.1. The Kier molecular flexibility index (Phi) is 3.68. The number of halogens is 1. The van der Waals surface area contributed by atoms with Gasteiger partial charge in [0, 0.05) is 11.3 Å². The summed E-state index contributed by atoms with van der Waals surface area (Å²) in [5.74, 6) is -0.228. The molecule has 4 heteroatoms. The van der Waals surface area contributed by atoms with Gasteiger partial charge in [-0.05, 0) is 49.9 Å². The minimum Gasteiger partial charge on any atom is -0.325 e. The van der Waals surface area contributed by atoms with Crippen molar-refractivity contribution in [1.82, 2.24) is 0 Å². The van der Waals surface area contributed by atoms with Crippen LogP contribution in [-0.2, 0) is 4.79 Å². The lowest BCUT2D eigenvalue weighted by Gasteiger charge is -2.14. The molecule has 0 fully saturated rings. The summed E-state index contributed by atoms with van der Waals surface area (Å²) >= 11 is 5.90. The molecule has 0 saturated carbocycles. The lowest BCUT2D eigenvalue weighted by atomic mass is 9.89. The molecule has 102 valence electrons. The second-order valence-corrected chi connectivity index (χ2v) is 5.72. The van der Waals surface area contributed by atoms with Crippen molar-refractivity contribution in [2.45, 2.75) is 45.4 Å². The van der Waals surface area contributed by atoms with Crippen LogP contribution in [-0.4, -0.2) is 17.1 Å². The van der Waals surface area contributed by atoms with Gasteiger partial charge in [0.1, 0.15) is 0 Å². The molecule has 0 bridgehead atoms. The first kappa shape index (κ1) is 14.1. The first-order chi connectivity index (χ1) is 8.88. The van der Waals surface area contributed by atoms with E-state index in [1.807, 2.05) is 26.8 Å². The van der Waals surface area contributed by atoms with Crippen molar-refractivity contribution in [2.24, 2.45) is 0 Å². The van der Waals surface area contributed by atoms with Crippen LogP contribution in [0.25, 0.3) is 0 Å². The van der Waals surface area contributed by atoms with Crippen LogP contribution in [0.3, 0.4) is 0 Å². The Hall–Kier alpha value is -1.35. The molecule has 2 unspecified atom stereocenters. The third-order valence-electron chi connectivity index (χ3n) is 3.91. The summed E-state index contributed by atoms with van der Waals surface area (Å²) in [5, 5.41) is 2.37. The van der Waals surface area contributed by atoms with E-state index >= 15 is 0 Å². The number of fused-ring (bicyclic) bond motifs is 1. The van der Waals surface area contributed by atoms with Crippen molar-refractivity contribution in [2.75, 3.05) is 5.32 Å². The van der Waals surface area contributed by atoms with Crippen LogP contribution < -0.4 is 5.32 Å². The fourth-order valence-electron chi connectivity index (χ4n) is 2.61. The fraction of sp³-hybridized carbons (Fsp3) is 0.467. The van der Waals surface area contributed by atoms with Gasteiger partial charge in [-0.2, -0.15) is 0 Å². The van der Waals surface area contributed by atoms with E-state index in [9.17, 15) is 9.59 Å². The number of Topliss-reactive ketones (excluding diaryl/α,β-unsaturated/α-hetero) is 1. The van der Waals surface area contributed by atoms with E-state index in [0.29, 0.717) is 5.56 Å². The highest BCUT2D eigenvalue weighted by Crippen LogP contribution is 2.39. The Morgan fingerprint density at radius 2 is 2.05 bits per heavy atom. The normalized spacial score (nSPS) is 19.0. The fourth-order valence-corrected chi connectivity index (χ4v) is 2.73. The first-order valence-electron chi connectivity index (χ1n) is 6.51. The summed E-state index contributed by atoms with van der Waals surface area (Å²) in [7, 11) is 0. The van der Waals surface area contributed by atoms with Gasteiger partial charge in [0.25, 0.3) is 0 Å². The van der Waals surface area contributed by atoms with Crippen LogP contribution in [0.15, 0.2) is 6.07 Å². The number of nitrogens with one attached hydrogen (secondary N) is 1. The largest absolute Gasteiger partial charge is 0.325 e. The molecule has 3 nitrogen and oxygen atoms in total. The lowest BCUT2D eigenvalue weighted by Crippen LogP contribution is -2.13. The monoisotopic (exact) mass is 279 g/mol. The van der Waals surface area contributed by atoms with Crippen molar-refractivity contribution in [3.63, 3.8) is 0 Å². The number of alkyl halides is 1. The van der Waals surface area contributed by atoms with E-state index < -0.39 is 5.38 Å². The summed E-state index contributed by atoms with van der Waals surface area (Å²) in [6.07, 6.45) is 0.728. The number of benzene rings is 1. The van der Waals surface area contributed by atoms with Crippen LogP contribution in [0, 0.1) is 13.8 Å². The molecule has 1 aliphatic rings. The first-order valence-corrected chi connectivity index (χ1v) is 6.95. The van der Waals surface area contributed by atoms with Crippen molar-refractivity contribution in [3.8, 4) is 0 Å². The van der Waals surface area contributed by atoms with Gasteiger partial charge in [0.2, 0.25) is 5.91 Å². The van der Waals surface area contributed by atoms with E-state index in [4.69, 9.17) is 11.6 Å². The summed E-state index contributed by atoms with van der Waals surface area (Å²) < 4.78 is 0. The molecular weight excluding hydrogens is 262 g/mol. The zero-order valence-electron chi connectivity index (χ0n) is 11.6. The molecule has 0 aliphatic carbocycles. The average molecular weight is 280 g/mol. The highest BCUT2D eigenvalue weighted by molar-refractivity contribution is 6.33. The average Bonchev–Trinajstić information content (AvgIpc) is 2.68. The van der Waals surface area contributed by atoms with Gasteiger partial charge in [0.15, 0.2) is 5.78 Å². The molecule has 1 amide bonds. The van der Waals surface area contributed by atoms with Gasteiger partial charge in [-0.1, -0.05) is 6.92 Å². The second kappa shape index (κ2) is 4.97. The molecule has 1 aromatic carbocycles. The maximum atomic E-state index is 12.2. The maximum absolute atomic E-state index is 12.2. The summed E-state index contributed by atoms with van der Waals surface area (Å²) in [6, 6.07) is 1.84. The van der Waals surface area contributed by atoms with Crippen molar-refractivity contribution in [3.05, 3.63) is 28.3 Å². The van der Waals surface area contributed by atoms with E-state index in [-0.39, 0.29) is 17.6 Å². The SMILES string of the molecule is CCC1C(=O)Nc2c1cc(C(=O)C(C)Cl)c(C)c2C. The zero-order chi connectivity index (χ0) is 14.3. The molecule has 19 heavy (non-hydrogen) atoms. The number of rotatable bonds is 3. The Morgan fingerprint density at radius 1 is 1.42 bits per heavy atom. The highest BCUT2D eigenvalue weighted by atomic mass is 35.5. The lowest BCUT2D eigenvalue weighted by molar-refractivity contribution is -0.117. The molecule has 1 N–H and O–H groups in total. The Bertz CT molecular complexity index is 564. The van der Waals surface area contributed by atoms with E-state index in [0.717, 1.165) is 28.8 Å². The molecule has 1 aliphatic heterocycles. The van der Waals surface area contributed by atoms with E-state index in [1.54, 1.807) is 6.92 Å². The van der Waals surface area contributed by atoms with Crippen LogP contribution in [0.2, 0.25) is 0 Å². The molecule has 2 atom stereocenters. The van der Waals surface area contributed by atoms with Gasteiger partial charge in [-0.3, -0.25) is 9.59 Å². The molecule has 1 aromatic rings. The Morgan fingerprint density at radius 3 is 2.58 bits per heavy atom. The maximum Gasteiger partial charge on any atom is 0.232 e. The number of anilines is 1. The molecule has 0 aromatic heterocycles. The van der Waals surface area contributed by atoms with Crippen LogP contribution in [0.4, 0.5) is 5.69 Å². The Balaban J connectivity index is 2.63. The van der Waals surface area contributed by atoms with Crippen molar-refractivity contribution in [1.29, 1.82) is 0 Å². The Labute approximate surface area is 118 Å². The predicted octanol–water partition coefficient (Wildman–Crippen LogP) is 3.56. The van der Waals surface area contributed by atoms with Crippen LogP contribution >= 0.6 is 11.6 Å². The predicted molar refractivity (Wildman–Crippen MR) is 77.2 cm³/mol. The highest BCUT2D eigenvalue weighted by Gasteiger charge is 2.32. The second-order valence-electron chi connectivity index (χ2n) is 5.07. The number of ketones is 1. The van der Waals surface area contributed by atoms with E-state index in [1.165, 1.54) is 0 Å². The van der Waals surface area contributed by atoms with Crippen LogP contribution in [0.5, 0.6) is 0 Å². The number of hydrogen-bond donors (Lipinski definition) is 1. The van der Waals surface area contributed by atoms with E-state index in [2.05, 4.69) is 5.32 Å². The third-order valence-corrected chi connectivity index (χ3v) is 4.10. The summed E-state index contributed by atoms with van der Waals surface area (Å²) in [5.41, 5.74) is 4.29.